The van der Waals surface area contributed by atoms with Gasteiger partial charge in [-0.15, -0.1) is 10.2 Å². The van der Waals surface area contributed by atoms with Crippen molar-refractivity contribution >= 4 is 29.0 Å². The highest BCUT2D eigenvalue weighted by Crippen LogP contribution is 2.40. The number of amides is 2. The average Bonchev–Trinajstić information content (AvgIpc) is 3.49. The number of carbonyl (C=O) groups is 2. The molecule has 3 fully saturated rings. The van der Waals surface area contributed by atoms with E-state index in [1.165, 1.54) is 24.0 Å². The van der Waals surface area contributed by atoms with Gasteiger partial charge in [0.25, 0.3) is 0 Å². The lowest BCUT2D eigenvalue weighted by Crippen LogP contribution is -2.50. The molecule has 10 heteroatoms. The van der Waals surface area contributed by atoms with Crippen LogP contribution in [-0.4, -0.2) is 68.1 Å². The van der Waals surface area contributed by atoms with Crippen molar-refractivity contribution in [3.8, 4) is 28.1 Å². The molecule has 1 aromatic heterocycles. The number of carbonyl (C=O) groups excluding carboxylic acids is 2. The third-order valence-electron chi connectivity index (χ3n) is 11.5. The smallest absolute Gasteiger partial charge is 0.249 e. The molecule has 4 aliphatic rings. The van der Waals surface area contributed by atoms with E-state index < -0.39 is 0 Å². The Kier molecular flexibility index (Phi) is 8.94. The van der Waals surface area contributed by atoms with E-state index in [1.807, 2.05) is 18.2 Å². The highest BCUT2D eigenvalue weighted by molar-refractivity contribution is 6.01. The van der Waals surface area contributed by atoms with Crippen LogP contribution in [0.1, 0.15) is 74.0 Å². The van der Waals surface area contributed by atoms with Crippen molar-refractivity contribution in [2.24, 2.45) is 0 Å². The minimum absolute atomic E-state index is 0.164. The second-order valence-electron chi connectivity index (χ2n) is 14.5. The maximum atomic E-state index is 12.6. The van der Waals surface area contributed by atoms with E-state index in [1.54, 1.807) is 12.1 Å². The lowest BCUT2D eigenvalue weighted by Gasteiger charge is -2.41. The number of imide groups is 1. The summed E-state index contributed by atoms with van der Waals surface area (Å²) in [5, 5.41) is 25.1. The molecular formula is C41H45N7O3. The fraction of sp³-hybridized carbons (Fsp3) is 0.366. The van der Waals surface area contributed by atoms with Crippen LogP contribution in [-0.2, 0) is 16.1 Å². The molecule has 2 saturated heterocycles. The number of rotatable bonds is 7. The normalized spacial score (nSPS) is 22.9. The fourth-order valence-corrected chi connectivity index (χ4v) is 8.65. The predicted octanol–water partition coefficient (Wildman–Crippen LogP) is 6.29. The summed E-state index contributed by atoms with van der Waals surface area (Å²) in [7, 11) is 0. The molecule has 1 atom stereocenters. The molecule has 3 aromatic carbocycles. The quantitative estimate of drug-likeness (QED) is 0.166. The molecule has 8 rings (SSSR count). The van der Waals surface area contributed by atoms with Crippen molar-refractivity contribution in [2.45, 2.75) is 82.0 Å². The van der Waals surface area contributed by atoms with E-state index in [9.17, 15) is 14.7 Å². The number of likely N-dealkylation sites (tertiary alicyclic amines) is 1. The number of phenols is 1. The first kappa shape index (κ1) is 33.0. The Bertz CT molecular complexity index is 1960. The maximum Gasteiger partial charge on any atom is 0.249 e. The molecule has 5 N–H and O–H groups in total. The van der Waals surface area contributed by atoms with E-state index in [0.717, 1.165) is 66.8 Å². The Morgan fingerprint density at radius 2 is 1.59 bits per heavy atom. The summed E-state index contributed by atoms with van der Waals surface area (Å²) in [6.45, 7) is 7.19. The number of para-hydroxylation sites is 1. The van der Waals surface area contributed by atoms with E-state index in [0.29, 0.717) is 54.5 Å². The van der Waals surface area contributed by atoms with Crippen molar-refractivity contribution in [3.05, 3.63) is 96.1 Å². The summed E-state index contributed by atoms with van der Waals surface area (Å²) < 4.78 is 0. The molecule has 1 saturated carbocycles. The van der Waals surface area contributed by atoms with E-state index in [-0.39, 0.29) is 23.6 Å². The first-order valence-electron chi connectivity index (χ1n) is 18.3. The van der Waals surface area contributed by atoms with Gasteiger partial charge in [0.05, 0.1) is 5.69 Å². The number of hydrogen-bond donors (Lipinski definition) is 4. The summed E-state index contributed by atoms with van der Waals surface area (Å²) in [6.07, 6.45) is 7.82. The minimum Gasteiger partial charge on any atom is -0.507 e. The van der Waals surface area contributed by atoms with E-state index in [2.05, 4.69) is 79.7 Å². The standard InChI is InChI=1S/C41H45N7O3/c1-25-31-6-4-7-35(34(31)24-48(25)37-17-18-39(50)44-41(37)51)43-29-13-15-30(16-14-29)47-21-19-27(20-22-47)26-9-11-28(12-10-26)33-23-36(45-46-40(33)42)32-5-2-3-8-38(32)49/h2-12,23,27,29-30,37,43,49H,1,13-22,24H2,(H2,42,46)(H,44,50,51). The number of benzene rings is 3. The number of piperidine rings is 2. The number of nitrogens with zero attached hydrogens (tertiary/aromatic N) is 4. The molecule has 10 nitrogen and oxygen atoms in total. The van der Waals surface area contributed by atoms with Crippen LogP contribution in [0.15, 0.2) is 79.4 Å². The number of fused-ring (bicyclic) bond motifs is 1. The van der Waals surface area contributed by atoms with Gasteiger partial charge in [-0.05, 0) is 99.3 Å². The number of nitrogens with one attached hydrogen (secondary N) is 2. The zero-order valence-electron chi connectivity index (χ0n) is 28.9. The molecule has 0 spiro atoms. The van der Waals surface area contributed by atoms with Gasteiger partial charge in [-0.2, -0.15) is 0 Å². The monoisotopic (exact) mass is 683 g/mol. The lowest BCUT2D eigenvalue weighted by molar-refractivity contribution is -0.136. The third kappa shape index (κ3) is 6.56. The van der Waals surface area contributed by atoms with E-state index >= 15 is 0 Å². The van der Waals surface area contributed by atoms with Gasteiger partial charge in [-0.1, -0.05) is 55.1 Å². The van der Waals surface area contributed by atoms with Crippen LogP contribution in [0.3, 0.4) is 0 Å². The van der Waals surface area contributed by atoms with Gasteiger partial charge in [0.1, 0.15) is 11.8 Å². The van der Waals surface area contributed by atoms with Crippen molar-refractivity contribution in [3.63, 3.8) is 0 Å². The topological polar surface area (TPSA) is 137 Å². The number of nitrogen functional groups attached to an aromatic ring is 1. The highest BCUT2D eigenvalue weighted by atomic mass is 16.3. The van der Waals surface area contributed by atoms with Gasteiger partial charge < -0.3 is 26.0 Å². The number of phenolic OH excluding ortho intramolecular Hbond substituents is 1. The van der Waals surface area contributed by atoms with Crippen molar-refractivity contribution < 1.29 is 14.7 Å². The van der Waals surface area contributed by atoms with Crippen molar-refractivity contribution in [1.82, 2.24) is 25.3 Å². The molecule has 4 heterocycles. The molecule has 3 aliphatic heterocycles. The largest absolute Gasteiger partial charge is 0.507 e. The fourth-order valence-electron chi connectivity index (χ4n) is 8.65. The molecule has 0 radical (unpaired) electrons. The third-order valence-corrected chi connectivity index (χ3v) is 11.5. The number of nitrogens with two attached hydrogens (primary N) is 1. The van der Waals surface area contributed by atoms with Crippen molar-refractivity contribution in [2.75, 3.05) is 24.1 Å². The Hall–Kier alpha value is -5.22. The molecule has 2 amide bonds. The second-order valence-corrected chi connectivity index (χ2v) is 14.5. The Balaban J connectivity index is 0.841. The second kappa shape index (κ2) is 13.8. The van der Waals surface area contributed by atoms with Crippen LogP contribution < -0.4 is 16.4 Å². The first-order chi connectivity index (χ1) is 24.8. The van der Waals surface area contributed by atoms with Gasteiger partial charge in [0.2, 0.25) is 11.8 Å². The van der Waals surface area contributed by atoms with E-state index in [4.69, 9.17) is 5.73 Å². The first-order valence-corrected chi connectivity index (χ1v) is 18.3. The maximum absolute atomic E-state index is 12.6. The predicted molar refractivity (Wildman–Crippen MR) is 199 cm³/mol. The SMILES string of the molecule is C=C1c2cccc(NC3CCC(N4CCC(c5ccc(-c6cc(-c7ccccc7O)nnc6N)cc5)CC4)CC3)c2CN1C1CCC(=O)NC1=O. The molecular weight excluding hydrogens is 638 g/mol. The van der Waals surface area contributed by atoms with Gasteiger partial charge >= 0.3 is 0 Å². The van der Waals surface area contributed by atoms with Crippen LogP contribution in [0.2, 0.25) is 0 Å². The Morgan fingerprint density at radius 3 is 2.33 bits per heavy atom. The lowest BCUT2D eigenvalue weighted by atomic mass is 9.85. The van der Waals surface area contributed by atoms with Gasteiger partial charge in [-0.25, -0.2) is 0 Å². The average molecular weight is 684 g/mol. The number of hydrogen-bond acceptors (Lipinski definition) is 9. The minimum atomic E-state index is -0.357. The van der Waals surface area contributed by atoms with Gasteiger partial charge in [0, 0.05) is 58.7 Å². The van der Waals surface area contributed by atoms with Crippen LogP contribution >= 0.6 is 0 Å². The van der Waals surface area contributed by atoms with Gasteiger partial charge in [-0.3, -0.25) is 14.9 Å². The zero-order valence-corrected chi connectivity index (χ0v) is 28.9. The summed E-state index contributed by atoms with van der Waals surface area (Å²) in [5.74, 6) is 0.653. The van der Waals surface area contributed by atoms with Crippen LogP contribution in [0.4, 0.5) is 11.5 Å². The van der Waals surface area contributed by atoms with Crippen LogP contribution in [0.5, 0.6) is 5.75 Å². The van der Waals surface area contributed by atoms with Crippen molar-refractivity contribution in [1.29, 1.82) is 0 Å². The molecule has 4 aromatic rings. The Labute approximate surface area is 298 Å². The highest BCUT2D eigenvalue weighted by Gasteiger charge is 2.37. The summed E-state index contributed by atoms with van der Waals surface area (Å²) in [4.78, 5) is 29.1. The summed E-state index contributed by atoms with van der Waals surface area (Å²) >= 11 is 0. The summed E-state index contributed by atoms with van der Waals surface area (Å²) in [5.41, 5.74) is 14.9. The van der Waals surface area contributed by atoms with Gasteiger partial charge in [0.15, 0.2) is 5.82 Å². The molecule has 1 unspecified atom stereocenters. The van der Waals surface area contributed by atoms with Crippen LogP contribution in [0.25, 0.3) is 28.1 Å². The number of aromatic nitrogens is 2. The number of anilines is 2. The molecule has 51 heavy (non-hydrogen) atoms. The zero-order chi connectivity index (χ0) is 35.1. The molecule has 262 valence electrons. The number of aromatic hydroxyl groups is 1. The molecule has 0 bridgehead atoms. The Morgan fingerprint density at radius 1 is 0.843 bits per heavy atom. The van der Waals surface area contributed by atoms with Crippen LogP contribution in [0, 0.1) is 0 Å². The summed E-state index contributed by atoms with van der Waals surface area (Å²) in [6, 6.07) is 24.7. The molecule has 1 aliphatic carbocycles.